The van der Waals surface area contributed by atoms with Crippen molar-refractivity contribution in [2.45, 2.75) is 25.2 Å². The lowest BCUT2D eigenvalue weighted by atomic mass is 9.95. The monoisotopic (exact) mass is 399 g/mol. The first-order valence-corrected chi connectivity index (χ1v) is 8.37. The number of carbonyl (C=O) groups excluding carboxylic acids is 2. The first kappa shape index (κ1) is 21.5. The maximum Gasteiger partial charge on any atom is 0.416 e. The van der Waals surface area contributed by atoms with Gasteiger partial charge in [-0.15, -0.1) is 0 Å². The minimum atomic E-state index is -4.72. The molecule has 0 N–H and O–H groups in total. The fourth-order valence-electron chi connectivity index (χ4n) is 2.86. The molecule has 0 heterocycles. The smallest absolute Gasteiger partial charge is 0.341 e. The van der Waals surface area contributed by atoms with Gasteiger partial charge in [0, 0.05) is 31.5 Å². The van der Waals surface area contributed by atoms with E-state index in [4.69, 9.17) is 0 Å². The number of hydrogen-bond acceptors (Lipinski definition) is 2. The second-order valence-corrected chi connectivity index (χ2v) is 6.39. The van der Waals surface area contributed by atoms with Crippen LogP contribution in [0.5, 0.6) is 0 Å². The number of benzene rings is 2. The highest BCUT2D eigenvalue weighted by Crippen LogP contribution is 2.31. The first-order valence-electron chi connectivity index (χ1n) is 8.37. The van der Waals surface area contributed by atoms with Crippen LogP contribution in [-0.4, -0.2) is 30.7 Å². The van der Waals surface area contributed by atoms with E-state index in [-0.39, 0.29) is 24.1 Å². The topological polar surface area (TPSA) is 37.4 Å². The number of hydrogen-bond donors (Lipinski definition) is 0. The Hall–Kier alpha value is -2.77. The van der Waals surface area contributed by atoms with Crippen molar-refractivity contribution in [1.29, 1.82) is 0 Å². The zero-order valence-electron chi connectivity index (χ0n) is 15.0. The van der Waals surface area contributed by atoms with Crippen molar-refractivity contribution in [3.63, 3.8) is 0 Å². The number of rotatable bonds is 7. The predicted octanol–water partition coefficient (Wildman–Crippen LogP) is 4.76. The van der Waals surface area contributed by atoms with Gasteiger partial charge in [0.05, 0.1) is 5.56 Å². The van der Waals surface area contributed by atoms with E-state index in [9.17, 15) is 31.5 Å². The van der Waals surface area contributed by atoms with E-state index in [2.05, 4.69) is 0 Å². The highest BCUT2D eigenvalue weighted by Gasteiger charge is 2.32. The molecule has 0 saturated heterocycles. The Morgan fingerprint density at radius 1 is 1.14 bits per heavy atom. The molecule has 3 nitrogen and oxygen atoms in total. The number of halogens is 5. The molecule has 2 rings (SSSR count). The van der Waals surface area contributed by atoms with Crippen molar-refractivity contribution in [2.75, 3.05) is 13.6 Å². The molecule has 1 atom stereocenters. The molecule has 0 fully saturated rings. The Bertz CT molecular complexity index is 833. The average Bonchev–Trinajstić information content (AvgIpc) is 2.66. The summed E-state index contributed by atoms with van der Waals surface area (Å²) < 4.78 is 65.0. The van der Waals surface area contributed by atoms with E-state index in [0.717, 1.165) is 11.0 Å². The van der Waals surface area contributed by atoms with Gasteiger partial charge in [-0.1, -0.05) is 12.1 Å². The zero-order valence-corrected chi connectivity index (χ0v) is 15.0. The van der Waals surface area contributed by atoms with Crippen molar-refractivity contribution < 1.29 is 31.5 Å². The van der Waals surface area contributed by atoms with Gasteiger partial charge in [-0.3, -0.25) is 4.79 Å². The maximum atomic E-state index is 13.1. The van der Waals surface area contributed by atoms with Crippen LogP contribution in [0.1, 0.15) is 39.4 Å². The molecule has 0 radical (unpaired) electrons. The number of likely N-dealkylation sites (N-methyl/N-ethyl adjacent to an activating group) is 1. The van der Waals surface area contributed by atoms with Crippen LogP contribution in [-0.2, 0) is 17.6 Å². The normalized spacial score (nSPS) is 12.5. The molecule has 2 aromatic carbocycles. The van der Waals surface area contributed by atoms with Gasteiger partial charge >= 0.3 is 6.18 Å². The number of amides is 1. The van der Waals surface area contributed by atoms with E-state index >= 15 is 0 Å². The van der Waals surface area contributed by atoms with Crippen LogP contribution in [0, 0.1) is 5.82 Å². The highest BCUT2D eigenvalue weighted by molar-refractivity contribution is 5.94. The largest absolute Gasteiger partial charge is 0.416 e. The molecule has 0 saturated carbocycles. The summed E-state index contributed by atoms with van der Waals surface area (Å²) in [6.45, 7) is -1.12. The molecule has 8 heteroatoms. The lowest BCUT2D eigenvalue weighted by Gasteiger charge is -2.24. The van der Waals surface area contributed by atoms with Crippen molar-refractivity contribution >= 4 is 12.2 Å². The standard InChI is InChI=1S/C20H18F5NO2/c1-26(12-15(6-7-27)14-2-4-18(22)5-3-14)19(28)16-8-13(11-21)9-17(10-16)20(23,24)25/h2-5,7-10,15H,6,11-12H2,1H3/t15-/m1/s1. The predicted molar refractivity (Wildman–Crippen MR) is 93.0 cm³/mol. The third-order valence-electron chi connectivity index (χ3n) is 4.28. The zero-order chi connectivity index (χ0) is 20.9. The van der Waals surface area contributed by atoms with Crippen LogP contribution < -0.4 is 0 Å². The third kappa shape index (κ3) is 5.37. The molecule has 0 unspecified atom stereocenters. The quantitative estimate of drug-likeness (QED) is 0.497. The summed E-state index contributed by atoms with van der Waals surface area (Å²) in [4.78, 5) is 24.7. The molecule has 0 aliphatic heterocycles. The van der Waals surface area contributed by atoms with Crippen LogP contribution in [0.2, 0.25) is 0 Å². The van der Waals surface area contributed by atoms with Crippen LogP contribution in [0.3, 0.4) is 0 Å². The summed E-state index contributed by atoms with van der Waals surface area (Å²) in [6.07, 6.45) is -4.02. The van der Waals surface area contributed by atoms with Gasteiger partial charge in [-0.05, 0) is 41.5 Å². The lowest BCUT2D eigenvalue weighted by Crippen LogP contribution is -2.31. The number of aldehydes is 1. The summed E-state index contributed by atoms with van der Waals surface area (Å²) in [6, 6.07) is 7.79. The van der Waals surface area contributed by atoms with Gasteiger partial charge < -0.3 is 9.69 Å². The van der Waals surface area contributed by atoms with Gasteiger partial charge in [-0.2, -0.15) is 13.2 Å². The van der Waals surface area contributed by atoms with Crippen LogP contribution in [0.4, 0.5) is 22.0 Å². The molecular weight excluding hydrogens is 381 g/mol. The Morgan fingerprint density at radius 3 is 2.32 bits per heavy atom. The molecule has 0 aliphatic carbocycles. The van der Waals surface area contributed by atoms with Gasteiger partial charge in [0.2, 0.25) is 0 Å². The summed E-state index contributed by atoms with van der Waals surface area (Å²) in [7, 11) is 1.37. The maximum absolute atomic E-state index is 13.1. The van der Waals surface area contributed by atoms with Crippen molar-refractivity contribution in [3.8, 4) is 0 Å². The molecule has 2 aromatic rings. The highest BCUT2D eigenvalue weighted by atomic mass is 19.4. The van der Waals surface area contributed by atoms with Crippen molar-refractivity contribution in [2.24, 2.45) is 0 Å². The molecule has 0 aromatic heterocycles. The lowest BCUT2D eigenvalue weighted by molar-refractivity contribution is -0.137. The van der Waals surface area contributed by atoms with E-state index in [1.54, 1.807) is 0 Å². The fourth-order valence-corrected chi connectivity index (χ4v) is 2.86. The minimum absolute atomic E-state index is 0.0183. The SMILES string of the molecule is CN(C[C@@H](CC=O)c1ccc(F)cc1)C(=O)c1cc(CF)cc(C(F)(F)F)c1. The Labute approximate surface area is 158 Å². The van der Waals surface area contributed by atoms with Crippen LogP contribution in [0.15, 0.2) is 42.5 Å². The Kier molecular flexibility index (Phi) is 6.88. The van der Waals surface area contributed by atoms with Crippen molar-refractivity contribution in [3.05, 3.63) is 70.5 Å². The van der Waals surface area contributed by atoms with Crippen LogP contribution >= 0.6 is 0 Å². The summed E-state index contributed by atoms with van der Waals surface area (Å²) in [5, 5.41) is 0. The molecule has 0 aliphatic rings. The first-order chi connectivity index (χ1) is 13.2. The number of nitrogens with zero attached hydrogens (tertiary/aromatic N) is 1. The second kappa shape index (κ2) is 8.95. The van der Waals surface area contributed by atoms with Gasteiger partial charge in [0.25, 0.3) is 5.91 Å². The summed E-state index contributed by atoms with van der Waals surface area (Å²) >= 11 is 0. The number of carbonyl (C=O) groups is 2. The molecular formula is C20H18F5NO2. The Morgan fingerprint density at radius 2 is 1.79 bits per heavy atom. The minimum Gasteiger partial charge on any atom is -0.341 e. The van der Waals surface area contributed by atoms with E-state index in [1.165, 1.54) is 31.3 Å². The molecule has 0 bridgehead atoms. The summed E-state index contributed by atoms with van der Waals surface area (Å²) in [5.41, 5.74) is -1.05. The van der Waals surface area contributed by atoms with E-state index in [1.807, 2.05) is 0 Å². The average molecular weight is 399 g/mol. The third-order valence-corrected chi connectivity index (χ3v) is 4.28. The molecule has 28 heavy (non-hydrogen) atoms. The van der Waals surface area contributed by atoms with Gasteiger partial charge in [0.15, 0.2) is 0 Å². The van der Waals surface area contributed by atoms with Crippen LogP contribution in [0.25, 0.3) is 0 Å². The van der Waals surface area contributed by atoms with E-state index in [0.29, 0.717) is 24.0 Å². The van der Waals surface area contributed by atoms with Crippen molar-refractivity contribution in [1.82, 2.24) is 4.90 Å². The molecule has 1 amide bonds. The molecule has 0 spiro atoms. The van der Waals surface area contributed by atoms with E-state index < -0.39 is 36.1 Å². The molecule has 150 valence electrons. The summed E-state index contributed by atoms with van der Waals surface area (Å²) in [5.74, 6) is -1.65. The number of alkyl halides is 4. The van der Waals surface area contributed by atoms with Gasteiger partial charge in [-0.25, -0.2) is 8.78 Å². The fraction of sp³-hybridized carbons (Fsp3) is 0.300. The van der Waals surface area contributed by atoms with Gasteiger partial charge in [0.1, 0.15) is 18.8 Å². The second-order valence-electron chi connectivity index (χ2n) is 6.39. The Balaban J connectivity index is 2.27.